The molecule has 0 amide bonds. The van der Waals surface area contributed by atoms with Crippen molar-refractivity contribution in [3.05, 3.63) is 101 Å². The fraction of sp³-hybridized carbons (Fsp3) is 0.406. The van der Waals surface area contributed by atoms with Crippen molar-refractivity contribution in [3.63, 3.8) is 0 Å². The van der Waals surface area contributed by atoms with Crippen LogP contribution in [0.2, 0.25) is 5.02 Å². The third-order valence-corrected chi connectivity index (χ3v) is 8.01. The van der Waals surface area contributed by atoms with E-state index in [1.165, 1.54) is 0 Å². The summed E-state index contributed by atoms with van der Waals surface area (Å²) in [6.45, 7) is 7.77. The van der Waals surface area contributed by atoms with Crippen LogP contribution >= 0.6 is 11.6 Å². The van der Waals surface area contributed by atoms with Crippen LogP contribution in [0.4, 0.5) is 0 Å². The van der Waals surface area contributed by atoms with E-state index in [0.29, 0.717) is 11.6 Å². The third-order valence-electron chi connectivity index (χ3n) is 7.76. The second kappa shape index (κ2) is 13.6. The van der Waals surface area contributed by atoms with Gasteiger partial charge in [-0.1, -0.05) is 48.0 Å². The van der Waals surface area contributed by atoms with Crippen molar-refractivity contribution in [2.24, 2.45) is 0 Å². The molecule has 0 aliphatic carbocycles. The lowest BCUT2D eigenvalue weighted by Gasteiger charge is -2.38. The van der Waals surface area contributed by atoms with Crippen LogP contribution in [0.15, 0.2) is 79.1 Å². The Kier molecular flexibility index (Phi) is 9.67. The number of benzene rings is 2. The Bertz CT molecular complexity index is 1200. The summed E-state index contributed by atoms with van der Waals surface area (Å²) in [5.41, 5.74) is 3.56. The van der Waals surface area contributed by atoms with E-state index in [0.717, 1.165) is 99.8 Å². The summed E-state index contributed by atoms with van der Waals surface area (Å²) in [6.07, 6.45) is 8.39. The van der Waals surface area contributed by atoms with Crippen molar-refractivity contribution in [2.75, 3.05) is 59.1 Å². The maximum Gasteiger partial charge on any atom is 0.119 e. The van der Waals surface area contributed by atoms with E-state index in [4.69, 9.17) is 21.1 Å². The van der Waals surface area contributed by atoms with Gasteiger partial charge in [-0.15, -0.1) is 0 Å². The smallest absolute Gasteiger partial charge is 0.119 e. The fourth-order valence-electron chi connectivity index (χ4n) is 5.38. The van der Waals surface area contributed by atoms with Gasteiger partial charge in [-0.2, -0.15) is 0 Å². The van der Waals surface area contributed by atoms with Crippen LogP contribution in [0.3, 0.4) is 0 Å². The van der Waals surface area contributed by atoms with E-state index < -0.39 is 5.60 Å². The molecule has 0 unspecified atom stereocenters. The van der Waals surface area contributed by atoms with Gasteiger partial charge in [-0.25, -0.2) is 0 Å². The zero-order valence-corrected chi connectivity index (χ0v) is 23.2. The van der Waals surface area contributed by atoms with Gasteiger partial charge in [-0.05, 0) is 66.3 Å². The molecule has 2 saturated heterocycles. The van der Waals surface area contributed by atoms with Crippen molar-refractivity contribution >= 4 is 17.2 Å². The number of nitrogens with zero attached hydrogens (tertiary/aromatic N) is 3. The molecule has 2 fully saturated rings. The van der Waals surface area contributed by atoms with Crippen molar-refractivity contribution in [1.82, 2.24) is 14.8 Å². The number of likely N-dealkylation sites (tertiary alicyclic amines) is 1. The van der Waals surface area contributed by atoms with Crippen LogP contribution in [-0.2, 0) is 10.3 Å². The van der Waals surface area contributed by atoms with E-state index in [-0.39, 0.29) is 0 Å². The number of halogens is 1. The van der Waals surface area contributed by atoms with Gasteiger partial charge in [0.25, 0.3) is 0 Å². The van der Waals surface area contributed by atoms with Crippen LogP contribution in [0.25, 0.3) is 5.57 Å². The Balaban J connectivity index is 1.20. The number of rotatable bonds is 10. The van der Waals surface area contributed by atoms with Crippen LogP contribution in [0.1, 0.15) is 36.0 Å². The van der Waals surface area contributed by atoms with Crippen LogP contribution in [0.5, 0.6) is 5.75 Å². The topological polar surface area (TPSA) is 58.1 Å². The van der Waals surface area contributed by atoms with Gasteiger partial charge < -0.3 is 19.5 Å². The molecule has 1 aromatic heterocycles. The van der Waals surface area contributed by atoms with E-state index in [1.54, 1.807) is 0 Å². The number of aliphatic hydroxyl groups is 1. The van der Waals surface area contributed by atoms with Crippen molar-refractivity contribution in [1.29, 1.82) is 0 Å². The molecule has 206 valence electrons. The molecule has 2 aliphatic rings. The van der Waals surface area contributed by atoms with E-state index in [1.807, 2.05) is 48.8 Å². The van der Waals surface area contributed by atoms with E-state index in [2.05, 4.69) is 45.1 Å². The molecule has 0 saturated carbocycles. The average molecular weight is 548 g/mol. The third kappa shape index (κ3) is 7.68. The Morgan fingerprint density at radius 3 is 2.44 bits per heavy atom. The number of pyridine rings is 1. The molecule has 2 aromatic carbocycles. The van der Waals surface area contributed by atoms with Gasteiger partial charge in [0.05, 0.1) is 18.8 Å². The first kappa shape index (κ1) is 27.8. The zero-order valence-electron chi connectivity index (χ0n) is 22.5. The second-order valence-electron chi connectivity index (χ2n) is 10.4. The summed E-state index contributed by atoms with van der Waals surface area (Å²) >= 11 is 6.04. The highest BCUT2D eigenvalue weighted by Crippen LogP contribution is 2.33. The first-order valence-corrected chi connectivity index (χ1v) is 14.3. The number of hydrogen-bond acceptors (Lipinski definition) is 6. The molecular weight excluding hydrogens is 510 g/mol. The molecule has 0 radical (unpaired) electrons. The number of aromatic nitrogens is 1. The number of piperidine rings is 1. The normalized spacial score (nSPS) is 18.7. The SMILES string of the molecule is OC1(c2ccc(Cl)cc2)CCN(CC/C=C(\c2cccnc2)c2cccc(OCCN3CCOCC3)c2)CC1. The van der Waals surface area contributed by atoms with Gasteiger partial charge in [0.1, 0.15) is 12.4 Å². The minimum absolute atomic E-state index is 0.659. The summed E-state index contributed by atoms with van der Waals surface area (Å²) in [4.78, 5) is 9.19. The van der Waals surface area contributed by atoms with E-state index in [9.17, 15) is 5.11 Å². The molecule has 0 bridgehead atoms. The van der Waals surface area contributed by atoms with Gasteiger partial charge in [0, 0.05) is 62.2 Å². The van der Waals surface area contributed by atoms with Crippen molar-refractivity contribution < 1.29 is 14.6 Å². The summed E-state index contributed by atoms with van der Waals surface area (Å²) in [5, 5.41) is 11.9. The van der Waals surface area contributed by atoms with Crippen molar-refractivity contribution in [2.45, 2.75) is 24.9 Å². The average Bonchev–Trinajstić information content (AvgIpc) is 2.98. The lowest BCUT2D eigenvalue weighted by atomic mass is 9.84. The number of hydrogen-bond donors (Lipinski definition) is 1. The lowest BCUT2D eigenvalue weighted by molar-refractivity contribution is -0.0254. The molecule has 0 atom stereocenters. The van der Waals surface area contributed by atoms with Gasteiger partial charge in [0.2, 0.25) is 0 Å². The summed E-state index contributed by atoms with van der Waals surface area (Å²) in [7, 11) is 0. The predicted octanol–water partition coefficient (Wildman–Crippen LogP) is 5.25. The molecular formula is C32H38ClN3O3. The molecule has 39 heavy (non-hydrogen) atoms. The van der Waals surface area contributed by atoms with Crippen LogP contribution in [0, 0.1) is 0 Å². The maximum absolute atomic E-state index is 11.2. The molecule has 0 spiro atoms. The molecule has 5 rings (SSSR count). The molecule has 1 N–H and O–H groups in total. The highest BCUT2D eigenvalue weighted by atomic mass is 35.5. The first-order chi connectivity index (χ1) is 19.1. The standard InChI is InChI=1S/C32H38ClN3O3/c33-29-10-8-28(9-11-29)32(37)12-16-35(17-13-32)15-3-7-31(27-5-2-14-34-25-27)26-4-1-6-30(24-26)39-23-20-36-18-21-38-22-19-36/h1-2,4-11,14,24-25,37H,3,12-13,15-23H2/b31-7-. The second-order valence-corrected chi connectivity index (χ2v) is 10.8. The zero-order chi connectivity index (χ0) is 26.9. The monoisotopic (exact) mass is 547 g/mol. The fourth-order valence-corrected chi connectivity index (χ4v) is 5.51. The predicted molar refractivity (Wildman–Crippen MR) is 156 cm³/mol. The van der Waals surface area contributed by atoms with Crippen LogP contribution < -0.4 is 4.74 Å². The highest BCUT2D eigenvalue weighted by Gasteiger charge is 2.33. The van der Waals surface area contributed by atoms with E-state index >= 15 is 0 Å². The minimum Gasteiger partial charge on any atom is -0.492 e. The maximum atomic E-state index is 11.2. The summed E-state index contributed by atoms with van der Waals surface area (Å²) < 4.78 is 11.6. The van der Waals surface area contributed by atoms with Gasteiger partial charge in [0.15, 0.2) is 0 Å². The Hall–Kier alpha value is -2.74. The Morgan fingerprint density at radius 1 is 0.949 bits per heavy atom. The summed E-state index contributed by atoms with van der Waals surface area (Å²) in [5.74, 6) is 0.882. The summed E-state index contributed by atoms with van der Waals surface area (Å²) in [6, 6.07) is 20.1. The Labute approximate surface area is 236 Å². The number of ether oxygens (including phenoxy) is 2. The van der Waals surface area contributed by atoms with Crippen LogP contribution in [-0.4, -0.2) is 79.0 Å². The molecule has 3 aromatic rings. The molecule has 6 nitrogen and oxygen atoms in total. The number of morpholine rings is 1. The lowest BCUT2D eigenvalue weighted by Crippen LogP contribution is -2.42. The van der Waals surface area contributed by atoms with Crippen molar-refractivity contribution in [3.8, 4) is 5.75 Å². The first-order valence-electron chi connectivity index (χ1n) is 13.9. The largest absolute Gasteiger partial charge is 0.492 e. The Morgan fingerprint density at radius 2 is 1.69 bits per heavy atom. The minimum atomic E-state index is -0.778. The quantitative estimate of drug-likeness (QED) is 0.374. The molecule has 3 heterocycles. The van der Waals surface area contributed by atoms with Gasteiger partial charge >= 0.3 is 0 Å². The molecule has 2 aliphatic heterocycles. The van der Waals surface area contributed by atoms with Gasteiger partial charge in [-0.3, -0.25) is 9.88 Å². The molecule has 7 heteroatoms. The highest BCUT2D eigenvalue weighted by molar-refractivity contribution is 6.30.